The first-order chi connectivity index (χ1) is 8.32. The Morgan fingerprint density at radius 2 is 1.72 bits per heavy atom. The molecule has 1 rings (SSSR count). The summed E-state index contributed by atoms with van der Waals surface area (Å²) in [5.41, 5.74) is 0. The number of hydrogen-bond donors (Lipinski definition) is 1. The molecule has 0 aliphatic carbocycles. The number of likely N-dealkylation sites (N-methyl/N-ethyl adjacent to an activating group) is 2. The third kappa shape index (κ3) is 3.30. The van der Waals surface area contributed by atoms with Crippen molar-refractivity contribution in [1.29, 1.82) is 0 Å². The topological polar surface area (TPSA) is 77.9 Å². The van der Waals surface area contributed by atoms with Crippen molar-refractivity contribution in [3.63, 3.8) is 0 Å². The fourth-order valence-corrected chi connectivity index (χ4v) is 2.01. The second kappa shape index (κ2) is 5.63. The van der Waals surface area contributed by atoms with Crippen LogP contribution < -0.4 is 0 Å². The van der Waals surface area contributed by atoms with Crippen LogP contribution in [0.2, 0.25) is 0 Å². The number of amides is 2. The van der Waals surface area contributed by atoms with E-state index in [0.29, 0.717) is 4.88 Å². The lowest BCUT2D eigenvalue weighted by Crippen LogP contribution is -2.37. The molecule has 18 heavy (non-hydrogen) atoms. The highest BCUT2D eigenvalue weighted by molar-refractivity contribution is 7.15. The SMILES string of the molecule is CN(C)C(=O)CN(C)C(=O)c1ccc(C(=O)O)s1. The molecule has 1 aromatic heterocycles. The van der Waals surface area contributed by atoms with Crippen molar-refractivity contribution in [2.45, 2.75) is 0 Å². The lowest BCUT2D eigenvalue weighted by molar-refractivity contribution is -0.129. The summed E-state index contributed by atoms with van der Waals surface area (Å²) in [6, 6.07) is 2.83. The molecule has 0 fully saturated rings. The van der Waals surface area contributed by atoms with Crippen LogP contribution in [0.3, 0.4) is 0 Å². The molecule has 0 unspecified atom stereocenters. The smallest absolute Gasteiger partial charge is 0.345 e. The van der Waals surface area contributed by atoms with Gasteiger partial charge in [0.15, 0.2) is 0 Å². The number of carbonyl (C=O) groups is 3. The number of rotatable bonds is 4. The van der Waals surface area contributed by atoms with Crippen molar-refractivity contribution in [3.05, 3.63) is 21.9 Å². The average molecular weight is 270 g/mol. The maximum atomic E-state index is 11.9. The van der Waals surface area contributed by atoms with Gasteiger partial charge in [-0.15, -0.1) is 11.3 Å². The number of carboxylic acids is 1. The lowest BCUT2D eigenvalue weighted by Gasteiger charge is -2.18. The van der Waals surface area contributed by atoms with Gasteiger partial charge in [0.05, 0.1) is 11.4 Å². The molecule has 0 atom stereocenters. The van der Waals surface area contributed by atoms with Crippen molar-refractivity contribution in [3.8, 4) is 0 Å². The van der Waals surface area contributed by atoms with E-state index < -0.39 is 5.97 Å². The van der Waals surface area contributed by atoms with E-state index in [-0.39, 0.29) is 23.2 Å². The zero-order valence-corrected chi connectivity index (χ0v) is 11.2. The van der Waals surface area contributed by atoms with Gasteiger partial charge in [0.25, 0.3) is 5.91 Å². The van der Waals surface area contributed by atoms with Crippen molar-refractivity contribution >= 4 is 29.1 Å². The van der Waals surface area contributed by atoms with Crippen molar-refractivity contribution in [2.75, 3.05) is 27.7 Å². The Morgan fingerprint density at radius 3 is 2.17 bits per heavy atom. The van der Waals surface area contributed by atoms with Crippen molar-refractivity contribution < 1.29 is 19.5 Å². The Morgan fingerprint density at radius 1 is 1.17 bits per heavy atom. The first-order valence-electron chi connectivity index (χ1n) is 5.11. The molecule has 98 valence electrons. The summed E-state index contributed by atoms with van der Waals surface area (Å²) < 4.78 is 0. The summed E-state index contributed by atoms with van der Waals surface area (Å²) in [5, 5.41) is 8.76. The van der Waals surface area contributed by atoms with Gasteiger partial charge < -0.3 is 14.9 Å². The monoisotopic (exact) mass is 270 g/mol. The molecule has 1 aromatic rings. The zero-order valence-electron chi connectivity index (χ0n) is 10.3. The van der Waals surface area contributed by atoms with E-state index in [2.05, 4.69) is 0 Å². The quantitative estimate of drug-likeness (QED) is 0.869. The van der Waals surface area contributed by atoms with Gasteiger partial charge in [0.2, 0.25) is 5.91 Å². The van der Waals surface area contributed by atoms with Crippen LogP contribution in [0.4, 0.5) is 0 Å². The summed E-state index contributed by atoms with van der Waals surface area (Å²) in [6.45, 7) is -0.0356. The highest BCUT2D eigenvalue weighted by atomic mass is 32.1. The predicted octanol–water partition coefficient (Wildman–Crippen LogP) is 0.607. The van der Waals surface area contributed by atoms with Crippen LogP contribution in [-0.4, -0.2) is 60.4 Å². The first-order valence-corrected chi connectivity index (χ1v) is 5.93. The second-order valence-electron chi connectivity index (χ2n) is 3.92. The van der Waals surface area contributed by atoms with Gasteiger partial charge in [-0.1, -0.05) is 0 Å². The van der Waals surface area contributed by atoms with E-state index in [1.165, 1.54) is 29.0 Å². The molecule has 0 spiro atoms. The summed E-state index contributed by atoms with van der Waals surface area (Å²) in [6.07, 6.45) is 0. The maximum Gasteiger partial charge on any atom is 0.345 e. The number of hydrogen-bond acceptors (Lipinski definition) is 4. The van der Waals surface area contributed by atoms with Gasteiger partial charge >= 0.3 is 5.97 Å². The van der Waals surface area contributed by atoms with Crippen LogP contribution in [0.1, 0.15) is 19.3 Å². The number of carboxylic acid groups (broad SMARTS) is 1. The normalized spacial score (nSPS) is 9.94. The highest BCUT2D eigenvalue weighted by Crippen LogP contribution is 2.17. The Kier molecular flexibility index (Phi) is 4.43. The molecule has 0 aromatic carbocycles. The van der Waals surface area contributed by atoms with Crippen LogP contribution in [0.15, 0.2) is 12.1 Å². The molecule has 0 saturated heterocycles. The fraction of sp³-hybridized carbons (Fsp3) is 0.364. The summed E-state index contributed by atoms with van der Waals surface area (Å²) in [5.74, 6) is -1.62. The number of nitrogens with zero attached hydrogens (tertiary/aromatic N) is 2. The molecule has 7 heteroatoms. The Balaban J connectivity index is 2.74. The minimum Gasteiger partial charge on any atom is -0.477 e. The lowest BCUT2D eigenvalue weighted by atomic mass is 10.3. The third-order valence-electron chi connectivity index (χ3n) is 2.25. The predicted molar refractivity (Wildman–Crippen MR) is 66.9 cm³/mol. The van der Waals surface area contributed by atoms with Gasteiger partial charge in [-0.05, 0) is 12.1 Å². The molecule has 2 amide bonds. The molecule has 1 N–H and O–H groups in total. The van der Waals surface area contributed by atoms with Crippen molar-refractivity contribution in [2.24, 2.45) is 0 Å². The van der Waals surface area contributed by atoms with Crippen LogP contribution in [-0.2, 0) is 4.79 Å². The molecule has 6 nitrogen and oxygen atoms in total. The third-order valence-corrected chi connectivity index (χ3v) is 3.31. The van der Waals surface area contributed by atoms with E-state index in [1.54, 1.807) is 14.1 Å². The fourth-order valence-electron chi connectivity index (χ4n) is 1.17. The standard InChI is InChI=1S/C11H14N2O4S/c1-12(2)9(14)6-13(3)10(15)7-4-5-8(18-7)11(16)17/h4-5H,6H2,1-3H3,(H,16,17). The molecule has 0 aliphatic rings. The molecule has 0 bridgehead atoms. The van der Waals surface area contributed by atoms with E-state index in [0.717, 1.165) is 11.3 Å². The second-order valence-corrected chi connectivity index (χ2v) is 5.00. The molecule has 0 radical (unpaired) electrons. The number of aromatic carboxylic acids is 1. The minimum atomic E-state index is -1.06. The molecular formula is C11H14N2O4S. The van der Waals surface area contributed by atoms with E-state index in [4.69, 9.17) is 5.11 Å². The van der Waals surface area contributed by atoms with Crippen LogP contribution in [0, 0.1) is 0 Å². The largest absolute Gasteiger partial charge is 0.477 e. The van der Waals surface area contributed by atoms with Gasteiger partial charge in [-0.2, -0.15) is 0 Å². The van der Waals surface area contributed by atoms with Gasteiger partial charge in [-0.3, -0.25) is 9.59 Å². The minimum absolute atomic E-state index is 0.0356. The van der Waals surface area contributed by atoms with Crippen LogP contribution >= 0.6 is 11.3 Å². The average Bonchev–Trinajstić information content (AvgIpc) is 2.76. The van der Waals surface area contributed by atoms with Crippen molar-refractivity contribution in [1.82, 2.24) is 9.80 Å². The summed E-state index contributed by atoms with van der Waals surface area (Å²) in [7, 11) is 4.71. The van der Waals surface area contributed by atoms with Gasteiger partial charge in [0, 0.05) is 21.1 Å². The number of thiophene rings is 1. The molecule has 0 saturated carbocycles. The van der Waals surface area contributed by atoms with E-state index >= 15 is 0 Å². The van der Waals surface area contributed by atoms with Crippen LogP contribution in [0.25, 0.3) is 0 Å². The van der Waals surface area contributed by atoms with Crippen LogP contribution in [0.5, 0.6) is 0 Å². The molecule has 0 aliphatic heterocycles. The number of carbonyl (C=O) groups excluding carboxylic acids is 2. The Hall–Kier alpha value is -1.89. The van der Waals surface area contributed by atoms with E-state index in [9.17, 15) is 14.4 Å². The molecule has 1 heterocycles. The Bertz CT molecular complexity index is 481. The van der Waals surface area contributed by atoms with Gasteiger partial charge in [-0.25, -0.2) is 4.79 Å². The highest BCUT2D eigenvalue weighted by Gasteiger charge is 2.18. The summed E-state index contributed by atoms with van der Waals surface area (Å²) in [4.78, 5) is 37.1. The Labute approximate surface area is 108 Å². The zero-order chi connectivity index (χ0) is 13.9. The maximum absolute atomic E-state index is 11.9. The van der Waals surface area contributed by atoms with E-state index in [1.807, 2.05) is 0 Å². The van der Waals surface area contributed by atoms with Gasteiger partial charge in [0.1, 0.15) is 4.88 Å². The summed E-state index contributed by atoms with van der Waals surface area (Å²) >= 11 is 0.897. The first kappa shape index (κ1) is 14.2. The molecular weight excluding hydrogens is 256 g/mol.